The Morgan fingerprint density at radius 2 is 1.78 bits per heavy atom. The van der Waals surface area contributed by atoms with Gasteiger partial charge in [0.2, 0.25) is 0 Å². The van der Waals surface area contributed by atoms with Gasteiger partial charge >= 0.3 is 5.97 Å². The van der Waals surface area contributed by atoms with Crippen molar-refractivity contribution >= 4 is 11.8 Å². The highest BCUT2D eigenvalue weighted by molar-refractivity contribution is 6.04. The maximum Gasteiger partial charge on any atom is 0.337 e. The molecule has 32 heavy (non-hydrogen) atoms. The molecule has 1 aliphatic heterocycles. The molecule has 1 saturated carbocycles. The number of hydrogen-bond acceptors (Lipinski definition) is 5. The number of ketones is 1. The van der Waals surface area contributed by atoms with E-state index in [1.165, 1.54) is 0 Å². The van der Waals surface area contributed by atoms with Gasteiger partial charge in [-0.05, 0) is 62.6 Å². The van der Waals surface area contributed by atoms with E-state index >= 15 is 0 Å². The largest absolute Gasteiger partial charge is 0.459 e. The summed E-state index contributed by atoms with van der Waals surface area (Å²) in [5.41, 5.74) is 4.72. The normalized spacial score (nSPS) is 23.7. The zero-order valence-electron chi connectivity index (χ0n) is 18.3. The lowest BCUT2D eigenvalue weighted by Gasteiger charge is -2.36. The van der Waals surface area contributed by atoms with Crippen LogP contribution >= 0.6 is 0 Å². The van der Waals surface area contributed by atoms with Gasteiger partial charge in [0.05, 0.1) is 17.2 Å². The van der Waals surface area contributed by atoms with Crippen molar-refractivity contribution in [1.82, 2.24) is 10.3 Å². The van der Waals surface area contributed by atoms with Gasteiger partial charge in [0.1, 0.15) is 6.10 Å². The number of carbonyl (C=O) groups is 2. The first-order chi connectivity index (χ1) is 15.6. The van der Waals surface area contributed by atoms with Crippen molar-refractivity contribution in [2.75, 3.05) is 0 Å². The van der Waals surface area contributed by atoms with E-state index in [9.17, 15) is 9.59 Å². The molecule has 2 heterocycles. The first kappa shape index (κ1) is 20.7. The van der Waals surface area contributed by atoms with Crippen molar-refractivity contribution in [3.8, 4) is 0 Å². The van der Waals surface area contributed by atoms with Crippen molar-refractivity contribution in [3.05, 3.63) is 88.5 Å². The number of carbonyl (C=O) groups excluding carboxylic acids is 2. The van der Waals surface area contributed by atoms with Gasteiger partial charge < -0.3 is 10.1 Å². The predicted octanol–water partition coefficient (Wildman–Crippen LogP) is 4.93. The standard InChI is InChI=1S/C27H28N2O3/c1-17-24(27(31)32-20-11-5-6-12-20)26(21-13-7-8-14-28-21)25-22(29-17)15-19(16-23(25)30)18-9-3-2-4-10-18/h2-4,7-10,13-14,19-20,26,29H,5-6,11-12,15-16H2,1H3/t19-,26-/m0/s1. The number of aromatic nitrogens is 1. The lowest BCUT2D eigenvalue weighted by Crippen LogP contribution is -2.36. The highest BCUT2D eigenvalue weighted by atomic mass is 16.5. The number of rotatable bonds is 4. The van der Waals surface area contributed by atoms with Crippen LogP contribution in [0.15, 0.2) is 77.3 Å². The summed E-state index contributed by atoms with van der Waals surface area (Å²) >= 11 is 0. The number of pyridine rings is 1. The molecule has 1 aromatic carbocycles. The smallest absolute Gasteiger partial charge is 0.337 e. The maximum atomic E-state index is 13.5. The molecule has 0 spiro atoms. The summed E-state index contributed by atoms with van der Waals surface area (Å²) < 4.78 is 5.88. The summed E-state index contributed by atoms with van der Waals surface area (Å²) in [4.78, 5) is 31.4. The van der Waals surface area contributed by atoms with Crippen LogP contribution in [-0.2, 0) is 14.3 Å². The zero-order chi connectivity index (χ0) is 22.1. The third-order valence-electron chi connectivity index (χ3n) is 6.88. The van der Waals surface area contributed by atoms with E-state index < -0.39 is 5.92 Å². The summed E-state index contributed by atoms with van der Waals surface area (Å²) in [6.07, 6.45) is 6.84. The zero-order valence-corrected chi connectivity index (χ0v) is 18.3. The van der Waals surface area contributed by atoms with Crippen molar-refractivity contribution < 1.29 is 14.3 Å². The highest BCUT2D eigenvalue weighted by Gasteiger charge is 2.42. The van der Waals surface area contributed by atoms with Crippen LogP contribution in [0.2, 0.25) is 0 Å². The number of hydrogen-bond donors (Lipinski definition) is 1. The maximum absolute atomic E-state index is 13.5. The molecule has 5 nitrogen and oxygen atoms in total. The van der Waals surface area contributed by atoms with Gasteiger partial charge in [0.25, 0.3) is 0 Å². The minimum absolute atomic E-state index is 0.0351. The van der Waals surface area contributed by atoms with E-state index in [0.29, 0.717) is 23.3 Å². The highest BCUT2D eigenvalue weighted by Crippen LogP contribution is 2.45. The van der Waals surface area contributed by atoms with E-state index in [-0.39, 0.29) is 23.8 Å². The van der Waals surface area contributed by atoms with E-state index in [2.05, 4.69) is 22.4 Å². The third-order valence-corrected chi connectivity index (χ3v) is 6.88. The van der Waals surface area contributed by atoms with Crippen LogP contribution in [0.25, 0.3) is 0 Å². The Morgan fingerprint density at radius 1 is 1.03 bits per heavy atom. The third kappa shape index (κ3) is 3.88. The second kappa shape index (κ2) is 8.73. The molecule has 0 radical (unpaired) electrons. The number of allylic oxidation sites excluding steroid dienone is 3. The molecule has 164 valence electrons. The molecular formula is C27H28N2O3. The van der Waals surface area contributed by atoms with E-state index in [1.54, 1.807) is 6.20 Å². The van der Waals surface area contributed by atoms with Gasteiger partial charge in [-0.2, -0.15) is 0 Å². The summed E-state index contributed by atoms with van der Waals surface area (Å²) in [6.45, 7) is 1.90. The van der Waals surface area contributed by atoms with E-state index in [4.69, 9.17) is 4.74 Å². The minimum atomic E-state index is -0.495. The van der Waals surface area contributed by atoms with Crippen LogP contribution in [0, 0.1) is 0 Å². The molecule has 3 aliphatic rings. The summed E-state index contributed by atoms with van der Waals surface area (Å²) in [6, 6.07) is 15.8. The molecule has 5 heteroatoms. The second-order valence-electron chi connectivity index (χ2n) is 8.99. The number of nitrogens with one attached hydrogen (secondary N) is 1. The van der Waals surface area contributed by atoms with E-state index in [0.717, 1.165) is 49.1 Å². The molecule has 1 N–H and O–H groups in total. The van der Waals surface area contributed by atoms with Gasteiger partial charge in [-0.3, -0.25) is 9.78 Å². The number of ether oxygens (including phenoxy) is 1. The lowest BCUT2D eigenvalue weighted by molar-refractivity contribution is -0.144. The molecule has 0 amide bonds. The Hall–Kier alpha value is -3.21. The molecule has 1 aromatic heterocycles. The van der Waals surface area contributed by atoms with Crippen molar-refractivity contribution in [1.29, 1.82) is 0 Å². The van der Waals surface area contributed by atoms with Gasteiger partial charge in [0, 0.05) is 29.6 Å². The average Bonchev–Trinajstić information content (AvgIpc) is 3.32. The Balaban J connectivity index is 1.53. The van der Waals surface area contributed by atoms with Crippen LogP contribution in [-0.4, -0.2) is 22.8 Å². The molecule has 2 atom stereocenters. The van der Waals surface area contributed by atoms with Gasteiger partial charge in [-0.15, -0.1) is 0 Å². The molecule has 2 aliphatic carbocycles. The van der Waals surface area contributed by atoms with Crippen LogP contribution in [0.4, 0.5) is 0 Å². The Kier molecular flexibility index (Phi) is 5.64. The summed E-state index contributed by atoms with van der Waals surface area (Å²) in [5, 5.41) is 3.41. The molecule has 5 rings (SSSR count). The number of Topliss-reactive ketones (excluding diaryl/α,β-unsaturated/α-hetero) is 1. The van der Waals surface area contributed by atoms with Gasteiger partial charge in [0.15, 0.2) is 5.78 Å². The molecule has 0 bridgehead atoms. The quantitative estimate of drug-likeness (QED) is 0.700. The molecule has 1 fully saturated rings. The van der Waals surface area contributed by atoms with E-state index in [1.807, 2.05) is 43.3 Å². The van der Waals surface area contributed by atoms with Crippen LogP contribution in [0.5, 0.6) is 0 Å². The average molecular weight is 429 g/mol. The summed E-state index contributed by atoms with van der Waals surface area (Å²) in [5.74, 6) is -0.631. The fourth-order valence-corrected chi connectivity index (χ4v) is 5.33. The van der Waals surface area contributed by atoms with Crippen LogP contribution in [0.1, 0.15) is 68.5 Å². The predicted molar refractivity (Wildman–Crippen MR) is 122 cm³/mol. The van der Waals surface area contributed by atoms with Crippen molar-refractivity contribution in [3.63, 3.8) is 0 Å². The monoisotopic (exact) mass is 428 g/mol. The first-order valence-electron chi connectivity index (χ1n) is 11.5. The number of dihydropyridines is 1. The Bertz CT molecular complexity index is 1080. The minimum Gasteiger partial charge on any atom is -0.459 e. The molecule has 2 aromatic rings. The van der Waals surface area contributed by atoms with Gasteiger partial charge in [-0.1, -0.05) is 36.4 Å². The number of benzene rings is 1. The summed E-state index contributed by atoms with van der Waals surface area (Å²) in [7, 11) is 0. The van der Waals surface area contributed by atoms with Crippen molar-refractivity contribution in [2.45, 2.75) is 63.4 Å². The molecule has 0 unspecified atom stereocenters. The Labute approximate surface area is 188 Å². The fraction of sp³-hybridized carbons (Fsp3) is 0.370. The van der Waals surface area contributed by atoms with Crippen LogP contribution in [0.3, 0.4) is 0 Å². The lowest BCUT2D eigenvalue weighted by atomic mass is 9.73. The molecular weight excluding hydrogens is 400 g/mol. The first-order valence-corrected chi connectivity index (χ1v) is 11.5. The van der Waals surface area contributed by atoms with Crippen molar-refractivity contribution in [2.24, 2.45) is 0 Å². The Morgan fingerprint density at radius 3 is 2.50 bits per heavy atom. The topological polar surface area (TPSA) is 68.3 Å². The molecule has 0 saturated heterocycles. The number of nitrogens with zero attached hydrogens (tertiary/aromatic N) is 1. The van der Waals surface area contributed by atoms with Crippen LogP contribution < -0.4 is 5.32 Å². The SMILES string of the molecule is CC1=C(C(=O)OC2CCCC2)[C@H](c2ccccn2)C2=C(C[C@H](c3ccccc3)CC2=O)N1. The second-order valence-corrected chi connectivity index (χ2v) is 8.99. The van der Waals surface area contributed by atoms with Gasteiger partial charge in [-0.25, -0.2) is 4.79 Å². The number of esters is 1. The fourth-order valence-electron chi connectivity index (χ4n) is 5.33.